The molecule has 0 bridgehead atoms. The molecular formula is C11H27BSn2. The van der Waals surface area contributed by atoms with Gasteiger partial charge in [0.15, 0.2) is 0 Å². The molecule has 0 aromatic rings. The van der Waals surface area contributed by atoms with Crippen LogP contribution < -0.4 is 0 Å². The van der Waals surface area contributed by atoms with Crippen LogP contribution >= 0.6 is 0 Å². The quantitative estimate of drug-likeness (QED) is 0.610. The maximum absolute atomic E-state index is 2.58. The summed E-state index contributed by atoms with van der Waals surface area (Å²) in [6, 6.07) is 0. The molecule has 0 spiro atoms. The normalized spacial score (nSPS) is 12.6. The molecule has 0 aromatic carbocycles. The summed E-state index contributed by atoms with van der Waals surface area (Å²) in [5.41, 5.74) is 1.75. The standard InChI is InChI=1S/C5H9B.6CH3.2Sn/c1-5(2)6(3)4;;;;;;;;/h1,3-4H3;6*1H3;;. The van der Waals surface area contributed by atoms with Crippen LogP contribution in [0.25, 0.3) is 0 Å². The van der Waals surface area contributed by atoms with E-state index in [0.29, 0.717) is 0 Å². The zero-order valence-electron chi connectivity index (χ0n) is 11.6. The number of hydrogen-bond donors (Lipinski definition) is 0. The fourth-order valence-electron chi connectivity index (χ4n) is 2.60. The predicted molar refractivity (Wildman–Crippen MR) is 76.9 cm³/mol. The van der Waals surface area contributed by atoms with Gasteiger partial charge in [0.05, 0.1) is 0 Å². The first-order valence-corrected chi connectivity index (χ1v) is 25.7. The van der Waals surface area contributed by atoms with E-state index in [4.69, 9.17) is 0 Å². The molecule has 0 rings (SSSR count). The van der Waals surface area contributed by atoms with Crippen molar-refractivity contribution in [1.29, 1.82) is 0 Å². The molecule has 0 N–H and O–H groups in total. The van der Waals surface area contributed by atoms with Crippen molar-refractivity contribution < 1.29 is 0 Å². The molecular weight excluding hydrogens is 380 g/mol. The molecule has 0 radical (unpaired) electrons. The van der Waals surface area contributed by atoms with Crippen molar-refractivity contribution in [2.45, 2.75) is 50.2 Å². The van der Waals surface area contributed by atoms with E-state index in [0.717, 1.165) is 6.71 Å². The van der Waals surface area contributed by atoms with Crippen LogP contribution in [0, 0.1) is 0 Å². The minimum absolute atomic E-state index is 0.761. The Kier molecular flexibility index (Phi) is 5.67. The molecule has 0 unspecified atom stereocenters. The molecule has 0 aliphatic heterocycles. The zero-order chi connectivity index (χ0) is 11.7. The average Bonchev–Trinajstić information content (AvgIpc) is 1.79. The van der Waals surface area contributed by atoms with Gasteiger partial charge in [-0.05, 0) is 0 Å². The van der Waals surface area contributed by atoms with Crippen molar-refractivity contribution in [2.24, 2.45) is 0 Å². The first kappa shape index (κ1) is 15.4. The third kappa shape index (κ3) is 4.50. The second kappa shape index (κ2) is 5.15. The Morgan fingerprint density at radius 1 is 0.786 bits per heavy atom. The van der Waals surface area contributed by atoms with Gasteiger partial charge in [0.2, 0.25) is 0 Å². The summed E-state index contributed by atoms with van der Waals surface area (Å²) in [6.07, 6.45) is 0. The summed E-state index contributed by atoms with van der Waals surface area (Å²) < 4.78 is 2.03. The molecule has 0 aromatic heterocycles. The summed E-state index contributed by atoms with van der Waals surface area (Å²) in [5, 5.41) is 0. The first-order valence-electron chi connectivity index (χ1n) is 5.69. The zero-order valence-corrected chi connectivity index (χ0v) is 17.3. The van der Waals surface area contributed by atoms with E-state index in [-0.39, 0.29) is 0 Å². The van der Waals surface area contributed by atoms with Crippen LogP contribution in [0.1, 0.15) is 6.92 Å². The van der Waals surface area contributed by atoms with Gasteiger partial charge in [-0.25, -0.2) is 0 Å². The Morgan fingerprint density at radius 2 is 1.07 bits per heavy atom. The topological polar surface area (TPSA) is 0 Å². The van der Waals surface area contributed by atoms with Crippen molar-refractivity contribution >= 4 is 43.5 Å². The fraction of sp³-hybridized carbons (Fsp3) is 0.818. The second-order valence-electron chi connectivity index (χ2n) is 6.71. The van der Waals surface area contributed by atoms with E-state index in [2.05, 4.69) is 50.2 Å². The Labute approximate surface area is 99.8 Å². The Bertz CT molecular complexity index is 213. The SMILES string of the molecule is CB(C)C(C)=[C]([Sn]([CH3])([CH3])[CH3])[Sn]([CH3])([CH3])[CH3]. The first-order chi connectivity index (χ1) is 5.98. The molecule has 0 heterocycles. The second-order valence-corrected chi connectivity index (χ2v) is 39.3. The molecule has 0 atom stereocenters. The fourth-order valence-corrected chi connectivity index (χ4v) is 60.5. The molecule has 0 aliphatic carbocycles. The van der Waals surface area contributed by atoms with Crippen LogP contribution in [0.2, 0.25) is 43.3 Å². The van der Waals surface area contributed by atoms with Crippen LogP contribution in [0.3, 0.4) is 0 Å². The monoisotopic (exact) mass is 410 g/mol. The summed E-state index contributed by atoms with van der Waals surface area (Å²) in [6.45, 7) is 7.86. The average molecular weight is 408 g/mol. The van der Waals surface area contributed by atoms with Gasteiger partial charge in [0.1, 0.15) is 0 Å². The Hall–Kier alpha value is 1.40. The van der Waals surface area contributed by atoms with Gasteiger partial charge in [-0.3, -0.25) is 0 Å². The van der Waals surface area contributed by atoms with Gasteiger partial charge in [-0.1, -0.05) is 0 Å². The van der Waals surface area contributed by atoms with E-state index >= 15 is 0 Å². The van der Waals surface area contributed by atoms with Gasteiger partial charge >= 0.3 is 101 Å². The number of allylic oxidation sites excluding steroid dienone is 1. The van der Waals surface area contributed by atoms with Gasteiger partial charge in [0, 0.05) is 0 Å². The van der Waals surface area contributed by atoms with E-state index in [1.807, 2.05) is 1.60 Å². The Morgan fingerprint density at radius 3 is 1.14 bits per heavy atom. The van der Waals surface area contributed by atoms with Gasteiger partial charge < -0.3 is 0 Å². The van der Waals surface area contributed by atoms with Gasteiger partial charge in [0.25, 0.3) is 0 Å². The molecule has 0 saturated carbocycles. The minimum atomic E-state index is -1.82. The molecule has 0 amide bonds. The molecule has 0 saturated heterocycles. The van der Waals surface area contributed by atoms with Crippen LogP contribution in [-0.2, 0) is 0 Å². The van der Waals surface area contributed by atoms with Gasteiger partial charge in [-0.15, -0.1) is 0 Å². The molecule has 0 aliphatic rings. The summed E-state index contributed by atoms with van der Waals surface area (Å²) >= 11 is -3.64. The Balaban J connectivity index is 5.46. The van der Waals surface area contributed by atoms with E-state index < -0.39 is 36.8 Å². The predicted octanol–water partition coefficient (Wildman–Crippen LogP) is 4.35. The van der Waals surface area contributed by atoms with Crippen molar-refractivity contribution in [3.05, 3.63) is 7.08 Å². The summed E-state index contributed by atoms with van der Waals surface area (Å²) in [7, 11) is 0. The molecule has 0 nitrogen and oxygen atoms in total. The third-order valence-electron chi connectivity index (χ3n) is 2.76. The third-order valence-corrected chi connectivity index (χ3v) is 42.3. The number of rotatable bonds is 3. The van der Waals surface area contributed by atoms with Crippen LogP contribution in [0.15, 0.2) is 7.08 Å². The van der Waals surface area contributed by atoms with E-state index in [1.165, 1.54) is 0 Å². The molecule has 82 valence electrons. The van der Waals surface area contributed by atoms with E-state index in [9.17, 15) is 0 Å². The van der Waals surface area contributed by atoms with Crippen molar-refractivity contribution in [1.82, 2.24) is 0 Å². The van der Waals surface area contributed by atoms with E-state index in [1.54, 1.807) is 5.47 Å². The molecule has 0 fully saturated rings. The van der Waals surface area contributed by atoms with Crippen LogP contribution in [0.5, 0.6) is 0 Å². The van der Waals surface area contributed by atoms with Crippen molar-refractivity contribution in [3.63, 3.8) is 0 Å². The van der Waals surface area contributed by atoms with Crippen molar-refractivity contribution in [2.75, 3.05) is 0 Å². The van der Waals surface area contributed by atoms with Crippen LogP contribution in [0.4, 0.5) is 0 Å². The molecule has 3 heteroatoms. The number of hydrogen-bond acceptors (Lipinski definition) is 0. The maximum atomic E-state index is 2.58. The van der Waals surface area contributed by atoms with Crippen LogP contribution in [-0.4, -0.2) is 43.5 Å². The molecule has 14 heavy (non-hydrogen) atoms. The van der Waals surface area contributed by atoms with Crippen molar-refractivity contribution in [3.8, 4) is 0 Å². The van der Waals surface area contributed by atoms with Gasteiger partial charge in [-0.2, -0.15) is 0 Å². The summed E-state index contributed by atoms with van der Waals surface area (Å²) in [4.78, 5) is 15.5. The summed E-state index contributed by atoms with van der Waals surface area (Å²) in [5.74, 6) is 0.